The normalized spacial score (nSPS) is 15.1. The molecule has 0 aliphatic carbocycles. The molecule has 1 heterocycles. The third kappa shape index (κ3) is 3.11. The van der Waals surface area contributed by atoms with E-state index in [4.69, 9.17) is 0 Å². The smallest absolute Gasteiger partial charge is 0.0672 e. The first-order valence-electron chi connectivity index (χ1n) is 5.23. The third-order valence-corrected chi connectivity index (χ3v) is 2.62. The quantitative estimate of drug-likeness (QED) is 0.796. The zero-order valence-corrected chi connectivity index (χ0v) is 9.25. The van der Waals surface area contributed by atoms with Gasteiger partial charge in [-0.1, -0.05) is 19.9 Å². The van der Waals surface area contributed by atoms with Crippen LogP contribution in [0.25, 0.3) is 0 Å². The number of hydrogen-bond donors (Lipinski definition) is 1. The maximum atomic E-state index is 9.86. The molecule has 14 heavy (non-hydrogen) atoms. The van der Waals surface area contributed by atoms with Crippen molar-refractivity contribution in [2.75, 3.05) is 0 Å². The highest BCUT2D eigenvalue weighted by Gasteiger charge is 2.18. The lowest BCUT2D eigenvalue weighted by Crippen LogP contribution is -2.26. The van der Waals surface area contributed by atoms with Gasteiger partial charge in [0.15, 0.2) is 0 Å². The molecular weight excluding hydrogens is 174 g/mol. The van der Waals surface area contributed by atoms with Crippen molar-refractivity contribution in [1.29, 1.82) is 0 Å². The van der Waals surface area contributed by atoms with E-state index in [1.54, 1.807) is 0 Å². The average molecular weight is 193 g/mol. The van der Waals surface area contributed by atoms with Crippen LogP contribution in [0.2, 0.25) is 0 Å². The van der Waals surface area contributed by atoms with Crippen LogP contribution >= 0.6 is 0 Å². The largest absolute Gasteiger partial charge is 0.390 e. The Hall–Kier alpha value is -0.890. The van der Waals surface area contributed by atoms with E-state index in [1.807, 2.05) is 26.1 Å². The van der Waals surface area contributed by atoms with Crippen LogP contribution in [0.3, 0.4) is 0 Å². The van der Waals surface area contributed by atoms with Gasteiger partial charge in [0.1, 0.15) is 0 Å². The molecular formula is C12H19NO. The zero-order valence-electron chi connectivity index (χ0n) is 9.25. The Balaban J connectivity index is 2.69. The van der Waals surface area contributed by atoms with Crippen molar-refractivity contribution >= 4 is 0 Å². The Morgan fingerprint density at radius 1 is 1.36 bits per heavy atom. The summed E-state index contributed by atoms with van der Waals surface area (Å²) in [7, 11) is 0. The predicted octanol–water partition coefficient (Wildman–Crippen LogP) is 2.35. The van der Waals surface area contributed by atoms with Gasteiger partial charge in [0.2, 0.25) is 0 Å². The fourth-order valence-corrected chi connectivity index (χ4v) is 1.28. The predicted molar refractivity (Wildman–Crippen MR) is 58.2 cm³/mol. The molecule has 0 aromatic carbocycles. The summed E-state index contributed by atoms with van der Waals surface area (Å²) in [5.74, 6) is 0. The number of rotatable bonds is 4. The van der Waals surface area contributed by atoms with Gasteiger partial charge in [0.05, 0.1) is 5.60 Å². The molecule has 0 amide bonds. The second-order valence-electron chi connectivity index (χ2n) is 4.04. The maximum absolute atomic E-state index is 9.86. The summed E-state index contributed by atoms with van der Waals surface area (Å²) < 4.78 is 0. The van der Waals surface area contributed by atoms with Crippen LogP contribution in [0.15, 0.2) is 18.3 Å². The molecule has 1 unspecified atom stereocenters. The summed E-state index contributed by atoms with van der Waals surface area (Å²) in [6.45, 7) is 5.95. The second-order valence-corrected chi connectivity index (χ2v) is 4.04. The number of aryl methyl sites for hydroxylation is 1. The van der Waals surface area contributed by atoms with Gasteiger partial charge in [-0.15, -0.1) is 0 Å². The van der Waals surface area contributed by atoms with Crippen molar-refractivity contribution < 1.29 is 5.11 Å². The van der Waals surface area contributed by atoms with Crippen molar-refractivity contribution in [2.24, 2.45) is 0 Å². The monoisotopic (exact) mass is 193 g/mol. The van der Waals surface area contributed by atoms with Gasteiger partial charge in [-0.2, -0.15) is 0 Å². The van der Waals surface area contributed by atoms with Gasteiger partial charge in [-0.25, -0.2) is 0 Å². The number of aromatic nitrogens is 1. The van der Waals surface area contributed by atoms with Gasteiger partial charge in [-0.05, 0) is 31.4 Å². The lowest BCUT2D eigenvalue weighted by atomic mass is 9.97. The summed E-state index contributed by atoms with van der Waals surface area (Å²) in [6.07, 6.45) is 4.29. The van der Waals surface area contributed by atoms with Crippen molar-refractivity contribution in [2.45, 2.75) is 45.6 Å². The molecule has 1 N–H and O–H groups in total. The first-order valence-corrected chi connectivity index (χ1v) is 5.23. The molecule has 0 fully saturated rings. The average Bonchev–Trinajstić information content (AvgIpc) is 2.19. The fraction of sp³-hybridized carbons (Fsp3) is 0.583. The van der Waals surface area contributed by atoms with Crippen molar-refractivity contribution in [1.82, 2.24) is 4.98 Å². The van der Waals surface area contributed by atoms with E-state index in [0.717, 1.165) is 18.5 Å². The Kier molecular flexibility index (Phi) is 3.64. The molecule has 0 saturated heterocycles. The molecule has 1 rings (SSSR count). The SMILES string of the molecule is CCc1ccc(CC(C)(O)CC)nc1. The first-order chi connectivity index (χ1) is 6.57. The Morgan fingerprint density at radius 3 is 2.50 bits per heavy atom. The third-order valence-electron chi connectivity index (χ3n) is 2.62. The van der Waals surface area contributed by atoms with Crippen LogP contribution in [0, 0.1) is 0 Å². The molecule has 0 aliphatic rings. The molecule has 2 nitrogen and oxygen atoms in total. The van der Waals surface area contributed by atoms with Crippen LogP contribution in [-0.2, 0) is 12.8 Å². The number of pyridine rings is 1. The summed E-state index contributed by atoms with van der Waals surface area (Å²) in [5, 5.41) is 9.86. The van der Waals surface area contributed by atoms with Crippen LogP contribution in [0.5, 0.6) is 0 Å². The van der Waals surface area contributed by atoms with Gasteiger partial charge < -0.3 is 5.11 Å². The molecule has 1 atom stereocenters. The Bertz CT molecular complexity index is 277. The topological polar surface area (TPSA) is 33.1 Å². The van der Waals surface area contributed by atoms with Gasteiger partial charge in [0.25, 0.3) is 0 Å². The minimum Gasteiger partial charge on any atom is -0.390 e. The molecule has 1 aromatic heterocycles. The van der Waals surface area contributed by atoms with Crippen LogP contribution in [-0.4, -0.2) is 15.7 Å². The zero-order chi connectivity index (χ0) is 10.6. The van der Waals surface area contributed by atoms with Gasteiger partial charge >= 0.3 is 0 Å². The molecule has 0 bridgehead atoms. The van der Waals surface area contributed by atoms with Crippen LogP contribution in [0.4, 0.5) is 0 Å². The number of hydrogen-bond acceptors (Lipinski definition) is 2. The van der Waals surface area contributed by atoms with Crippen LogP contribution in [0.1, 0.15) is 38.4 Å². The minimum absolute atomic E-state index is 0.624. The van der Waals surface area contributed by atoms with E-state index in [9.17, 15) is 5.11 Å². The first kappa shape index (κ1) is 11.2. The highest BCUT2D eigenvalue weighted by atomic mass is 16.3. The Labute approximate surface area is 86.0 Å². The molecule has 78 valence electrons. The lowest BCUT2D eigenvalue weighted by Gasteiger charge is -2.20. The van der Waals surface area contributed by atoms with Crippen molar-refractivity contribution in [3.05, 3.63) is 29.6 Å². The van der Waals surface area contributed by atoms with E-state index in [1.165, 1.54) is 5.56 Å². The maximum Gasteiger partial charge on any atom is 0.0672 e. The molecule has 0 saturated carbocycles. The fourth-order valence-electron chi connectivity index (χ4n) is 1.28. The molecule has 0 aliphatic heterocycles. The summed E-state index contributed by atoms with van der Waals surface area (Å²) in [6, 6.07) is 4.08. The van der Waals surface area contributed by atoms with E-state index in [-0.39, 0.29) is 0 Å². The highest BCUT2D eigenvalue weighted by molar-refractivity contribution is 5.15. The highest BCUT2D eigenvalue weighted by Crippen LogP contribution is 2.15. The van der Waals surface area contributed by atoms with E-state index < -0.39 is 5.60 Å². The standard InChI is InChI=1S/C12H19NO/c1-4-10-6-7-11(13-9-10)8-12(3,14)5-2/h6-7,9,14H,4-5,8H2,1-3H3. The van der Waals surface area contributed by atoms with E-state index in [2.05, 4.69) is 18.0 Å². The number of aliphatic hydroxyl groups is 1. The summed E-state index contributed by atoms with van der Waals surface area (Å²) >= 11 is 0. The van der Waals surface area contributed by atoms with Crippen molar-refractivity contribution in [3.8, 4) is 0 Å². The van der Waals surface area contributed by atoms with Crippen LogP contribution < -0.4 is 0 Å². The number of nitrogens with zero attached hydrogens (tertiary/aromatic N) is 1. The summed E-state index contributed by atoms with van der Waals surface area (Å²) in [5.41, 5.74) is 1.58. The van der Waals surface area contributed by atoms with Gasteiger partial charge in [0, 0.05) is 18.3 Å². The van der Waals surface area contributed by atoms with Gasteiger partial charge in [-0.3, -0.25) is 4.98 Å². The molecule has 0 radical (unpaired) electrons. The Morgan fingerprint density at radius 2 is 2.07 bits per heavy atom. The molecule has 2 heteroatoms. The molecule has 1 aromatic rings. The lowest BCUT2D eigenvalue weighted by molar-refractivity contribution is 0.0555. The second kappa shape index (κ2) is 4.56. The minimum atomic E-state index is -0.624. The van der Waals surface area contributed by atoms with E-state index >= 15 is 0 Å². The van der Waals surface area contributed by atoms with Crippen molar-refractivity contribution in [3.63, 3.8) is 0 Å². The molecule has 0 spiro atoms. The van der Waals surface area contributed by atoms with E-state index in [0.29, 0.717) is 6.42 Å². The summed E-state index contributed by atoms with van der Waals surface area (Å²) in [4.78, 5) is 4.32.